The van der Waals surface area contributed by atoms with Crippen molar-refractivity contribution in [3.63, 3.8) is 0 Å². The highest BCUT2D eigenvalue weighted by molar-refractivity contribution is 5.83. The molecule has 3 N–H and O–H groups in total. The van der Waals surface area contributed by atoms with Crippen LogP contribution in [0.5, 0.6) is 0 Å². The Hall–Kier alpha value is -4.34. The van der Waals surface area contributed by atoms with Crippen LogP contribution in [0.4, 0.5) is 16.2 Å². The van der Waals surface area contributed by atoms with Crippen molar-refractivity contribution in [2.24, 2.45) is 0 Å². The number of imidazole rings is 1. The Kier molecular flexibility index (Phi) is 3.87. The lowest BCUT2D eigenvalue weighted by molar-refractivity contribution is 0.637. The topological polar surface area (TPSA) is 113 Å². The number of hydrogen-bond donors (Lipinski definition) is 3. The number of anilines is 2. The van der Waals surface area contributed by atoms with E-state index in [-0.39, 0.29) is 16.9 Å². The number of hydrazine groups is 1. The molecule has 0 aliphatic carbocycles. The summed E-state index contributed by atoms with van der Waals surface area (Å²) in [5, 5.41) is -0.0834. The van der Waals surface area contributed by atoms with Gasteiger partial charge in [-0.3, -0.25) is 15.6 Å². The predicted molar refractivity (Wildman–Crippen MR) is 106 cm³/mol. The van der Waals surface area contributed by atoms with Gasteiger partial charge < -0.3 is 4.98 Å². The van der Waals surface area contributed by atoms with Crippen LogP contribution in [0.25, 0.3) is 27.8 Å². The lowest BCUT2D eigenvalue weighted by Crippen LogP contribution is -2.26. The van der Waals surface area contributed by atoms with Gasteiger partial charge in [-0.15, -0.1) is 0 Å². The van der Waals surface area contributed by atoms with Crippen LogP contribution >= 0.6 is 0 Å². The zero-order valence-electron chi connectivity index (χ0n) is 14.8. The molecule has 10 heteroatoms. The van der Waals surface area contributed by atoms with Gasteiger partial charge in [-0.1, -0.05) is 24.3 Å². The average Bonchev–Trinajstić information content (AvgIpc) is 3.22. The molecule has 0 atom stereocenters. The molecule has 2 aromatic carbocycles. The van der Waals surface area contributed by atoms with E-state index in [2.05, 4.69) is 35.8 Å². The minimum absolute atomic E-state index is 0.0834. The van der Waals surface area contributed by atoms with Crippen molar-refractivity contribution in [2.45, 2.75) is 0 Å². The molecular formula is C19H13FN8O. The Morgan fingerprint density at radius 1 is 0.966 bits per heavy atom. The molecule has 0 saturated heterocycles. The van der Waals surface area contributed by atoms with E-state index in [9.17, 15) is 9.18 Å². The molecule has 0 spiro atoms. The van der Waals surface area contributed by atoms with Crippen molar-refractivity contribution in [1.29, 1.82) is 0 Å². The van der Waals surface area contributed by atoms with E-state index in [4.69, 9.17) is 0 Å². The van der Waals surface area contributed by atoms with Crippen LogP contribution in [-0.2, 0) is 0 Å². The highest BCUT2D eigenvalue weighted by atomic mass is 19.1. The van der Waals surface area contributed by atoms with E-state index in [0.29, 0.717) is 22.7 Å². The minimum atomic E-state index is -0.626. The van der Waals surface area contributed by atoms with Crippen LogP contribution in [0.3, 0.4) is 0 Å². The van der Waals surface area contributed by atoms with E-state index in [1.165, 1.54) is 29.4 Å². The number of hydrogen-bond acceptors (Lipinski definition) is 7. The van der Waals surface area contributed by atoms with Gasteiger partial charge in [0.25, 0.3) is 5.56 Å². The summed E-state index contributed by atoms with van der Waals surface area (Å²) < 4.78 is 15.6. The minimum Gasteiger partial charge on any atom is -0.340 e. The summed E-state index contributed by atoms with van der Waals surface area (Å²) in [6.07, 6.45) is 2.86. The van der Waals surface area contributed by atoms with Gasteiger partial charge >= 0.3 is 0 Å². The van der Waals surface area contributed by atoms with Gasteiger partial charge in [0.05, 0.1) is 17.5 Å². The van der Waals surface area contributed by atoms with E-state index < -0.39 is 11.4 Å². The molecule has 0 fully saturated rings. The van der Waals surface area contributed by atoms with E-state index in [1.807, 2.05) is 6.07 Å². The number of H-pyrrole nitrogens is 1. The van der Waals surface area contributed by atoms with Gasteiger partial charge in [0, 0.05) is 0 Å². The van der Waals surface area contributed by atoms with Gasteiger partial charge in [-0.2, -0.15) is 0 Å². The third-order valence-corrected chi connectivity index (χ3v) is 4.38. The first-order chi connectivity index (χ1) is 14.2. The van der Waals surface area contributed by atoms with Gasteiger partial charge in [-0.25, -0.2) is 28.9 Å². The maximum Gasteiger partial charge on any atom is 0.270 e. The first kappa shape index (κ1) is 16.8. The molecule has 0 amide bonds. The smallest absolute Gasteiger partial charge is 0.270 e. The number of halogens is 1. The molecule has 0 bridgehead atoms. The van der Waals surface area contributed by atoms with E-state index >= 15 is 0 Å². The molecule has 0 aliphatic heterocycles. The lowest BCUT2D eigenvalue weighted by atomic mass is 10.2. The van der Waals surface area contributed by atoms with Crippen LogP contribution in [0.15, 0.2) is 66.0 Å². The molecular weight excluding hydrogens is 375 g/mol. The summed E-state index contributed by atoms with van der Waals surface area (Å²) in [6, 6.07) is 13.2. The fraction of sp³-hybridized carbons (Fsp3) is 0. The summed E-state index contributed by atoms with van der Waals surface area (Å²) in [7, 11) is 0. The Morgan fingerprint density at radius 3 is 2.69 bits per heavy atom. The van der Waals surface area contributed by atoms with Crippen LogP contribution < -0.4 is 16.4 Å². The molecule has 3 aromatic heterocycles. The summed E-state index contributed by atoms with van der Waals surface area (Å²) in [5.74, 6) is -0.0366. The summed E-state index contributed by atoms with van der Waals surface area (Å²) in [5.41, 5.74) is 7.13. The molecule has 0 saturated carbocycles. The first-order valence-corrected chi connectivity index (χ1v) is 8.65. The van der Waals surface area contributed by atoms with Crippen molar-refractivity contribution < 1.29 is 4.39 Å². The maximum atomic E-state index is 14.3. The fourth-order valence-electron chi connectivity index (χ4n) is 3.07. The van der Waals surface area contributed by atoms with Crippen molar-refractivity contribution in [2.75, 3.05) is 10.9 Å². The number of aromatic nitrogens is 6. The van der Waals surface area contributed by atoms with E-state index in [1.54, 1.807) is 30.3 Å². The second kappa shape index (κ2) is 6.68. The van der Waals surface area contributed by atoms with Crippen molar-refractivity contribution in [3.05, 3.63) is 77.4 Å². The Labute approximate surface area is 162 Å². The number of fused-ring (bicyclic) bond motifs is 2. The van der Waals surface area contributed by atoms with Crippen LogP contribution in [0.2, 0.25) is 0 Å². The molecule has 5 aromatic rings. The Morgan fingerprint density at radius 2 is 1.83 bits per heavy atom. The third-order valence-electron chi connectivity index (χ3n) is 4.38. The monoisotopic (exact) mass is 388 g/mol. The molecule has 0 aliphatic rings. The van der Waals surface area contributed by atoms with Gasteiger partial charge in [0.2, 0.25) is 5.95 Å². The number of rotatable bonds is 4. The zero-order chi connectivity index (χ0) is 19.8. The third kappa shape index (κ3) is 2.83. The van der Waals surface area contributed by atoms with Crippen LogP contribution in [0, 0.1) is 5.82 Å². The normalized spacial score (nSPS) is 11.1. The molecule has 0 radical (unpaired) electrons. The van der Waals surface area contributed by atoms with Crippen molar-refractivity contribution in [1.82, 2.24) is 29.5 Å². The fourth-order valence-corrected chi connectivity index (χ4v) is 3.07. The molecule has 3 heterocycles. The SMILES string of the molecule is O=c1c2c(F)cccc2nc(NNc2ncnc3nc[nH]c23)n1-c1ccccc1. The lowest BCUT2D eigenvalue weighted by Gasteiger charge is -2.16. The quantitative estimate of drug-likeness (QED) is 0.406. The molecule has 142 valence electrons. The number of benzene rings is 2. The number of aromatic amines is 1. The second-order valence-electron chi connectivity index (χ2n) is 6.12. The van der Waals surface area contributed by atoms with Gasteiger partial charge in [-0.05, 0) is 24.3 Å². The second-order valence-corrected chi connectivity index (χ2v) is 6.12. The summed E-state index contributed by atoms with van der Waals surface area (Å²) >= 11 is 0. The summed E-state index contributed by atoms with van der Waals surface area (Å²) in [4.78, 5) is 32.8. The zero-order valence-corrected chi connectivity index (χ0v) is 14.8. The first-order valence-electron chi connectivity index (χ1n) is 8.65. The van der Waals surface area contributed by atoms with Gasteiger partial charge in [0.15, 0.2) is 11.5 Å². The van der Waals surface area contributed by atoms with Gasteiger partial charge in [0.1, 0.15) is 23.0 Å². The predicted octanol–water partition coefficient (Wildman–Crippen LogP) is 2.63. The van der Waals surface area contributed by atoms with Crippen molar-refractivity contribution >= 4 is 33.8 Å². The molecule has 5 rings (SSSR count). The Bertz CT molecular complexity index is 1400. The molecule has 29 heavy (non-hydrogen) atoms. The van der Waals surface area contributed by atoms with Crippen LogP contribution in [0.1, 0.15) is 0 Å². The van der Waals surface area contributed by atoms with E-state index in [0.717, 1.165) is 0 Å². The molecule has 0 unspecified atom stereocenters. The standard InChI is InChI=1S/C19H13FN8O/c20-12-7-4-8-13-14(12)18(29)28(11-5-2-1-3-6-11)19(25-13)27-26-17-15-16(22-9-21-15)23-10-24-17/h1-10H,(H,25,27)(H2,21,22,23,24,26). The highest BCUT2D eigenvalue weighted by Gasteiger charge is 2.16. The number of para-hydroxylation sites is 1. The summed E-state index contributed by atoms with van der Waals surface area (Å²) in [6.45, 7) is 0. The molecule has 9 nitrogen and oxygen atoms in total. The largest absolute Gasteiger partial charge is 0.340 e. The Balaban J connectivity index is 1.66. The maximum absolute atomic E-state index is 14.3. The average molecular weight is 388 g/mol. The highest BCUT2D eigenvalue weighted by Crippen LogP contribution is 2.19. The van der Waals surface area contributed by atoms with Crippen molar-refractivity contribution in [3.8, 4) is 5.69 Å². The number of nitrogens with one attached hydrogen (secondary N) is 3. The van der Waals surface area contributed by atoms with Crippen LogP contribution in [-0.4, -0.2) is 29.5 Å². The number of nitrogens with zero attached hydrogens (tertiary/aromatic N) is 5.